The van der Waals surface area contributed by atoms with Gasteiger partial charge in [0, 0.05) is 25.2 Å². The Morgan fingerprint density at radius 1 is 1.42 bits per heavy atom. The molecule has 3 rings (SSSR count). The molecule has 0 unspecified atom stereocenters. The van der Waals surface area contributed by atoms with Crippen molar-refractivity contribution in [3.05, 3.63) is 30.0 Å². The SMILES string of the molecule is COc1cccc2c1c(C(=O)CC1CCC1)cn2C. The highest BCUT2D eigenvalue weighted by Gasteiger charge is 2.24. The van der Waals surface area contributed by atoms with Crippen LogP contribution in [0.25, 0.3) is 10.9 Å². The van der Waals surface area contributed by atoms with Crippen molar-refractivity contribution in [2.45, 2.75) is 25.7 Å². The van der Waals surface area contributed by atoms with E-state index in [4.69, 9.17) is 4.74 Å². The van der Waals surface area contributed by atoms with Crippen LogP contribution in [0.4, 0.5) is 0 Å². The Kier molecular flexibility index (Phi) is 3.05. The monoisotopic (exact) mass is 257 g/mol. The molecule has 1 aromatic carbocycles. The fourth-order valence-electron chi connectivity index (χ4n) is 2.86. The molecule has 1 aliphatic carbocycles. The van der Waals surface area contributed by atoms with Gasteiger partial charge in [-0.3, -0.25) is 4.79 Å². The number of hydrogen-bond donors (Lipinski definition) is 0. The minimum absolute atomic E-state index is 0.250. The lowest BCUT2D eigenvalue weighted by Crippen LogP contribution is -2.15. The predicted molar refractivity (Wildman–Crippen MR) is 75.8 cm³/mol. The lowest BCUT2D eigenvalue weighted by atomic mass is 9.81. The van der Waals surface area contributed by atoms with Gasteiger partial charge in [0.2, 0.25) is 0 Å². The summed E-state index contributed by atoms with van der Waals surface area (Å²) < 4.78 is 7.42. The van der Waals surface area contributed by atoms with E-state index in [1.807, 2.05) is 36.0 Å². The van der Waals surface area contributed by atoms with Crippen molar-refractivity contribution < 1.29 is 9.53 Å². The maximum Gasteiger partial charge on any atom is 0.165 e. The summed E-state index contributed by atoms with van der Waals surface area (Å²) in [7, 11) is 3.63. The summed E-state index contributed by atoms with van der Waals surface area (Å²) in [6.45, 7) is 0. The molecule has 1 fully saturated rings. The molecule has 3 nitrogen and oxygen atoms in total. The van der Waals surface area contributed by atoms with Crippen LogP contribution in [-0.2, 0) is 7.05 Å². The quantitative estimate of drug-likeness (QED) is 0.784. The molecule has 0 amide bonds. The number of rotatable bonds is 4. The molecule has 3 heteroatoms. The van der Waals surface area contributed by atoms with E-state index in [0.717, 1.165) is 22.2 Å². The largest absolute Gasteiger partial charge is 0.496 e. The van der Waals surface area contributed by atoms with Crippen LogP contribution in [-0.4, -0.2) is 17.5 Å². The van der Waals surface area contributed by atoms with E-state index < -0.39 is 0 Å². The van der Waals surface area contributed by atoms with Crippen molar-refractivity contribution in [2.75, 3.05) is 7.11 Å². The number of aromatic nitrogens is 1. The first kappa shape index (κ1) is 12.3. The van der Waals surface area contributed by atoms with Gasteiger partial charge >= 0.3 is 0 Å². The smallest absolute Gasteiger partial charge is 0.165 e. The topological polar surface area (TPSA) is 31.2 Å². The number of ketones is 1. The second kappa shape index (κ2) is 4.72. The number of benzene rings is 1. The minimum atomic E-state index is 0.250. The van der Waals surface area contributed by atoms with Gasteiger partial charge in [-0.1, -0.05) is 25.3 Å². The molecule has 19 heavy (non-hydrogen) atoms. The van der Waals surface area contributed by atoms with Gasteiger partial charge in [-0.2, -0.15) is 0 Å². The lowest BCUT2D eigenvalue weighted by Gasteiger charge is -2.24. The van der Waals surface area contributed by atoms with Gasteiger partial charge in [0.15, 0.2) is 5.78 Å². The number of carbonyl (C=O) groups excluding carboxylic acids is 1. The van der Waals surface area contributed by atoms with Crippen LogP contribution in [0.5, 0.6) is 5.75 Å². The number of carbonyl (C=O) groups is 1. The Morgan fingerprint density at radius 2 is 2.21 bits per heavy atom. The number of fused-ring (bicyclic) bond motifs is 1. The van der Waals surface area contributed by atoms with Crippen molar-refractivity contribution in [2.24, 2.45) is 13.0 Å². The van der Waals surface area contributed by atoms with Crippen LogP contribution in [0.3, 0.4) is 0 Å². The summed E-state index contributed by atoms with van der Waals surface area (Å²) >= 11 is 0. The molecule has 0 bridgehead atoms. The van der Waals surface area contributed by atoms with E-state index in [1.165, 1.54) is 19.3 Å². The first-order valence-electron chi connectivity index (χ1n) is 6.86. The van der Waals surface area contributed by atoms with Crippen LogP contribution in [0, 0.1) is 5.92 Å². The molecule has 2 aromatic rings. The summed E-state index contributed by atoms with van der Waals surface area (Å²) in [4.78, 5) is 12.5. The van der Waals surface area contributed by atoms with Gasteiger partial charge in [-0.15, -0.1) is 0 Å². The summed E-state index contributed by atoms with van der Waals surface area (Å²) in [5.74, 6) is 1.63. The molecule has 1 aliphatic rings. The molecule has 100 valence electrons. The number of Topliss-reactive ketones (excluding diaryl/α,β-unsaturated/α-hetero) is 1. The third-order valence-corrected chi connectivity index (χ3v) is 4.20. The Morgan fingerprint density at radius 3 is 2.84 bits per heavy atom. The van der Waals surface area contributed by atoms with Crippen LogP contribution in [0.15, 0.2) is 24.4 Å². The molecule has 0 spiro atoms. The fraction of sp³-hybridized carbons (Fsp3) is 0.438. The maximum atomic E-state index is 12.5. The third kappa shape index (κ3) is 2.03. The zero-order valence-electron chi connectivity index (χ0n) is 11.5. The molecule has 1 heterocycles. The minimum Gasteiger partial charge on any atom is -0.496 e. The first-order valence-corrected chi connectivity index (χ1v) is 6.86. The van der Waals surface area contributed by atoms with Gasteiger partial charge in [0.05, 0.1) is 18.0 Å². The summed E-state index contributed by atoms with van der Waals surface area (Å²) in [5.41, 5.74) is 1.86. The highest BCUT2D eigenvalue weighted by molar-refractivity contribution is 6.10. The van der Waals surface area contributed by atoms with E-state index >= 15 is 0 Å². The standard InChI is InChI=1S/C16H19NO2/c1-17-10-12(14(18)9-11-5-3-6-11)16-13(17)7-4-8-15(16)19-2/h4,7-8,10-11H,3,5-6,9H2,1-2H3. The van der Waals surface area contributed by atoms with Crippen molar-refractivity contribution >= 4 is 16.7 Å². The van der Waals surface area contributed by atoms with Crippen LogP contribution >= 0.6 is 0 Å². The molecule has 1 aromatic heterocycles. The number of methoxy groups -OCH3 is 1. The molecule has 0 atom stereocenters. The number of ether oxygens (including phenoxy) is 1. The van der Waals surface area contributed by atoms with Gasteiger partial charge in [0.1, 0.15) is 5.75 Å². The second-order valence-electron chi connectivity index (χ2n) is 5.43. The van der Waals surface area contributed by atoms with Crippen LogP contribution < -0.4 is 4.74 Å². The first-order chi connectivity index (χ1) is 9.20. The van der Waals surface area contributed by atoms with Crippen molar-refractivity contribution in [3.63, 3.8) is 0 Å². The number of nitrogens with zero attached hydrogens (tertiary/aromatic N) is 1. The van der Waals surface area contributed by atoms with E-state index in [9.17, 15) is 4.79 Å². The van der Waals surface area contributed by atoms with Crippen LogP contribution in [0.1, 0.15) is 36.0 Å². The molecular weight excluding hydrogens is 238 g/mol. The maximum absolute atomic E-state index is 12.5. The van der Waals surface area contributed by atoms with Gasteiger partial charge in [0.25, 0.3) is 0 Å². The average molecular weight is 257 g/mol. The fourth-order valence-corrected chi connectivity index (χ4v) is 2.86. The summed E-state index contributed by atoms with van der Waals surface area (Å²) in [5, 5.41) is 0.955. The van der Waals surface area contributed by atoms with Gasteiger partial charge < -0.3 is 9.30 Å². The zero-order chi connectivity index (χ0) is 13.4. The average Bonchev–Trinajstić information content (AvgIpc) is 2.71. The molecule has 1 saturated carbocycles. The molecule has 0 N–H and O–H groups in total. The van der Waals surface area contributed by atoms with Gasteiger partial charge in [-0.25, -0.2) is 0 Å². The van der Waals surface area contributed by atoms with Gasteiger partial charge in [-0.05, 0) is 18.1 Å². The Balaban J connectivity index is 2.04. The summed E-state index contributed by atoms with van der Waals surface area (Å²) in [6, 6.07) is 5.90. The second-order valence-corrected chi connectivity index (χ2v) is 5.43. The van der Waals surface area contributed by atoms with Crippen LogP contribution in [0.2, 0.25) is 0 Å². The normalized spacial score (nSPS) is 15.5. The third-order valence-electron chi connectivity index (χ3n) is 4.20. The summed E-state index contributed by atoms with van der Waals surface area (Å²) in [6.07, 6.45) is 6.30. The Bertz CT molecular complexity index is 623. The lowest BCUT2D eigenvalue weighted by molar-refractivity contribution is 0.0938. The van der Waals surface area contributed by atoms with E-state index in [2.05, 4.69) is 0 Å². The van der Waals surface area contributed by atoms with Crippen molar-refractivity contribution in [1.82, 2.24) is 4.57 Å². The number of hydrogen-bond acceptors (Lipinski definition) is 2. The Labute approximate surface area is 113 Å². The zero-order valence-corrected chi connectivity index (χ0v) is 11.5. The molecule has 0 aliphatic heterocycles. The number of aryl methyl sites for hydroxylation is 1. The predicted octanol–water partition coefficient (Wildman–Crippen LogP) is 3.56. The molecular formula is C16H19NO2. The van der Waals surface area contributed by atoms with E-state index in [0.29, 0.717) is 12.3 Å². The highest BCUT2D eigenvalue weighted by Crippen LogP contribution is 2.34. The van der Waals surface area contributed by atoms with Crippen molar-refractivity contribution in [1.29, 1.82) is 0 Å². The highest BCUT2D eigenvalue weighted by atomic mass is 16.5. The Hall–Kier alpha value is -1.77. The molecule has 0 radical (unpaired) electrons. The molecule has 0 saturated heterocycles. The van der Waals surface area contributed by atoms with E-state index in [-0.39, 0.29) is 5.78 Å². The van der Waals surface area contributed by atoms with E-state index in [1.54, 1.807) is 7.11 Å². The van der Waals surface area contributed by atoms with Crippen molar-refractivity contribution in [3.8, 4) is 5.75 Å².